The molecule has 1 fully saturated rings. The van der Waals surface area contributed by atoms with Gasteiger partial charge in [-0.15, -0.1) is 0 Å². The lowest BCUT2D eigenvalue weighted by Gasteiger charge is -2.34. The number of carbonyl (C=O) groups is 1. The SMILES string of the molecule is COc1cccc(C(=O)N2CCN(c3nc4c(C)c(Cl)ccc4s3)CC2)c1OC. The van der Waals surface area contributed by atoms with E-state index in [1.54, 1.807) is 43.8 Å². The van der Waals surface area contributed by atoms with Gasteiger partial charge in [-0.25, -0.2) is 4.98 Å². The summed E-state index contributed by atoms with van der Waals surface area (Å²) in [4.78, 5) is 21.9. The van der Waals surface area contributed by atoms with Crippen LogP contribution in [0, 0.1) is 6.92 Å². The molecule has 0 atom stereocenters. The smallest absolute Gasteiger partial charge is 0.257 e. The summed E-state index contributed by atoms with van der Waals surface area (Å²) in [5.74, 6) is 0.980. The van der Waals surface area contributed by atoms with Crippen LogP contribution >= 0.6 is 22.9 Å². The van der Waals surface area contributed by atoms with E-state index in [1.165, 1.54) is 0 Å². The Bertz CT molecular complexity index is 1060. The molecule has 0 unspecified atom stereocenters. The van der Waals surface area contributed by atoms with Gasteiger partial charge in [0.15, 0.2) is 16.6 Å². The summed E-state index contributed by atoms with van der Waals surface area (Å²) in [7, 11) is 3.12. The monoisotopic (exact) mass is 431 g/mol. The number of carbonyl (C=O) groups excluding carboxylic acids is 1. The molecule has 1 amide bonds. The normalized spacial score (nSPS) is 14.3. The van der Waals surface area contributed by atoms with E-state index < -0.39 is 0 Å². The number of anilines is 1. The number of para-hydroxylation sites is 1. The van der Waals surface area contributed by atoms with Crippen molar-refractivity contribution in [2.24, 2.45) is 0 Å². The molecule has 2 aromatic carbocycles. The Hall–Kier alpha value is -2.51. The Balaban J connectivity index is 1.50. The molecule has 29 heavy (non-hydrogen) atoms. The zero-order chi connectivity index (χ0) is 20.5. The van der Waals surface area contributed by atoms with Crippen molar-refractivity contribution >= 4 is 44.2 Å². The van der Waals surface area contributed by atoms with E-state index in [4.69, 9.17) is 26.1 Å². The van der Waals surface area contributed by atoms with E-state index in [2.05, 4.69) is 4.90 Å². The second-order valence-electron chi connectivity index (χ2n) is 6.84. The summed E-state index contributed by atoms with van der Waals surface area (Å²) in [6, 6.07) is 9.30. The second kappa shape index (κ2) is 8.08. The summed E-state index contributed by atoms with van der Waals surface area (Å²) in [5, 5.41) is 1.70. The van der Waals surface area contributed by atoms with Crippen molar-refractivity contribution in [3.63, 3.8) is 0 Å². The Kier molecular flexibility index (Phi) is 5.52. The number of nitrogens with zero attached hydrogens (tertiary/aromatic N) is 3. The fourth-order valence-corrected chi connectivity index (χ4v) is 4.78. The molecular formula is C21H22ClN3O3S. The zero-order valence-electron chi connectivity index (χ0n) is 16.6. The number of halogens is 1. The van der Waals surface area contributed by atoms with Crippen molar-refractivity contribution in [2.75, 3.05) is 45.3 Å². The predicted molar refractivity (Wildman–Crippen MR) is 117 cm³/mol. The quantitative estimate of drug-likeness (QED) is 0.618. The minimum absolute atomic E-state index is 0.0488. The molecule has 8 heteroatoms. The molecule has 6 nitrogen and oxygen atoms in total. The lowest BCUT2D eigenvalue weighted by atomic mass is 10.1. The molecule has 4 rings (SSSR count). The molecule has 3 aromatic rings. The second-order valence-corrected chi connectivity index (χ2v) is 8.25. The number of aromatic nitrogens is 1. The van der Waals surface area contributed by atoms with Gasteiger partial charge >= 0.3 is 0 Å². The van der Waals surface area contributed by atoms with Crippen molar-refractivity contribution in [1.29, 1.82) is 0 Å². The van der Waals surface area contributed by atoms with Crippen LogP contribution in [0.2, 0.25) is 5.02 Å². The lowest BCUT2D eigenvalue weighted by molar-refractivity contribution is 0.0742. The van der Waals surface area contributed by atoms with Gasteiger partial charge in [0.2, 0.25) is 0 Å². The van der Waals surface area contributed by atoms with Crippen molar-refractivity contribution in [3.05, 3.63) is 46.5 Å². The molecule has 1 saturated heterocycles. The first-order valence-electron chi connectivity index (χ1n) is 9.34. The fraction of sp³-hybridized carbons (Fsp3) is 0.333. The molecule has 0 bridgehead atoms. The van der Waals surface area contributed by atoms with E-state index in [0.29, 0.717) is 30.2 Å². The molecule has 0 spiro atoms. The van der Waals surface area contributed by atoms with Crippen LogP contribution < -0.4 is 14.4 Å². The molecule has 152 valence electrons. The molecule has 0 saturated carbocycles. The summed E-state index contributed by atoms with van der Waals surface area (Å²) < 4.78 is 11.9. The minimum atomic E-state index is -0.0488. The van der Waals surface area contributed by atoms with E-state index >= 15 is 0 Å². The Labute approximate surface area is 178 Å². The maximum absolute atomic E-state index is 13.1. The van der Waals surface area contributed by atoms with Crippen LogP contribution in [0.25, 0.3) is 10.2 Å². The third kappa shape index (κ3) is 3.60. The molecule has 1 aliphatic rings. The van der Waals surface area contributed by atoms with E-state index in [9.17, 15) is 4.79 Å². The van der Waals surface area contributed by atoms with Gasteiger partial charge in [0.25, 0.3) is 5.91 Å². The standard InChI is InChI=1S/C21H22ClN3O3S/c1-13-15(22)7-8-17-18(13)23-21(29-17)25-11-9-24(10-12-25)20(26)14-5-4-6-16(27-2)19(14)28-3/h4-8H,9-12H2,1-3H3. The van der Waals surface area contributed by atoms with Crippen molar-refractivity contribution in [1.82, 2.24) is 9.88 Å². The van der Waals surface area contributed by atoms with Gasteiger partial charge in [-0.3, -0.25) is 4.79 Å². The number of benzene rings is 2. The first-order chi connectivity index (χ1) is 14.0. The Morgan fingerprint density at radius 2 is 1.86 bits per heavy atom. The van der Waals surface area contributed by atoms with E-state index in [0.717, 1.165) is 39.0 Å². The summed E-state index contributed by atoms with van der Waals surface area (Å²) >= 11 is 7.89. The first kappa shape index (κ1) is 19.8. The fourth-order valence-electron chi connectivity index (χ4n) is 3.55. The lowest BCUT2D eigenvalue weighted by Crippen LogP contribution is -2.48. The number of aryl methyl sites for hydroxylation is 1. The van der Waals surface area contributed by atoms with Crippen LogP contribution in [0.4, 0.5) is 5.13 Å². The number of thiazole rings is 1. The maximum atomic E-state index is 13.1. The van der Waals surface area contributed by atoms with Gasteiger partial charge in [-0.2, -0.15) is 0 Å². The van der Waals surface area contributed by atoms with Crippen LogP contribution in [0.15, 0.2) is 30.3 Å². The molecule has 0 radical (unpaired) electrons. The number of amides is 1. The van der Waals surface area contributed by atoms with Crippen LogP contribution in [0.3, 0.4) is 0 Å². The van der Waals surface area contributed by atoms with E-state index in [-0.39, 0.29) is 5.91 Å². The van der Waals surface area contributed by atoms with Gasteiger partial charge in [0, 0.05) is 31.2 Å². The van der Waals surface area contributed by atoms with Crippen molar-refractivity contribution in [3.8, 4) is 11.5 Å². The average molecular weight is 432 g/mol. The zero-order valence-corrected chi connectivity index (χ0v) is 18.1. The largest absolute Gasteiger partial charge is 0.493 e. The van der Waals surface area contributed by atoms with Crippen LogP contribution in [0.1, 0.15) is 15.9 Å². The summed E-state index contributed by atoms with van der Waals surface area (Å²) in [6.07, 6.45) is 0. The third-order valence-electron chi connectivity index (χ3n) is 5.21. The van der Waals surface area contributed by atoms with Gasteiger partial charge in [0.1, 0.15) is 0 Å². The minimum Gasteiger partial charge on any atom is -0.493 e. The van der Waals surface area contributed by atoms with Gasteiger partial charge < -0.3 is 19.3 Å². The predicted octanol–water partition coefficient (Wildman–Crippen LogP) is 4.24. The van der Waals surface area contributed by atoms with Crippen molar-refractivity contribution in [2.45, 2.75) is 6.92 Å². The number of ether oxygens (including phenoxy) is 2. The molecule has 1 aromatic heterocycles. The highest BCUT2D eigenvalue weighted by Gasteiger charge is 2.27. The molecular weight excluding hydrogens is 410 g/mol. The number of fused-ring (bicyclic) bond motifs is 1. The number of methoxy groups -OCH3 is 2. The number of hydrogen-bond donors (Lipinski definition) is 0. The Morgan fingerprint density at radius 3 is 2.55 bits per heavy atom. The van der Waals surface area contributed by atoms with E-state index in [1.807, 2.05) is 24.0 Å². The third-order valence-corrected chi connectivity index (χ3v) is 6.70. The first-order valence-corrected chi connectivity index (χ1v) is 10.5. The molecule has 1 aliphatic heterocycles. The number of hydrogen-bond acceptors (Lipinski definition) is 6. The van der Waals surface area contributed by atoms with Crippen LogP contribution in [-0.2, 0) is 0 Å². The topological polar surface area (TPSA) is 54.9 Å². The van der Waals surface area contributed by atoms with Gasteiger partial charge in [-0.1, -0.05) is 29.0 Å². The molecule has 0 N–H and O–H groups in total. The maximum Gasteiger partial charge on any atom is 0.257 e. The molecule has 0 aliphatic carbocycles. The average Bonchev–Trinajstić information content (AvgIpc) is 3.20. The molecule has 2 heterocycles. The summed E-state index contributed by atoms with van der Waals surface area (Å²) in [6.45, 7) is 4.69. The van der Waals surface area contributed by atoms with Gasteiger partial charge in [-0.05, 0) is 36.8 Å². The van der Waals surface area contributed by atoms with Crippen LogP contribution in [0.5, 0.6) is 11.5 Å². The van der Waals surface area contributed by atoms with Crippen molar-refractivity contribution < 1.29 is 14.3 Å². The number of rotatable bonds is 4. The summed E-state index contributed by atoms with van der Waals surface area (Å²) in [5.41, 5.74) is 2.48. The Morgan fingerprint density at radius 1 is 1.10 bits per heavy atom. The number of piperazine rings is 1. The highest BCUT2D eigenvalue weighted by Crippen LogP contribution is 2.35. The van der Waals surface area contributed by atoms with Gasteiger partial charge in [0.05, 0.1) is 30.0 Å². The highest BCUT2D eigenvalue weighted by atomic mass is 35.5. The highest BCUT2D eigenvalue weighted by molar-refractivity contribution is 7.22. The van der Waals surface area contributed by atoms with Crippen LogP contribution in [-0.4, -0.2) is 56.2 Å².